The molecular formula is C46H91NO7. The summed E-state index contributed by atoms with van der Waals surface area (Å²) in [7, 11) is 0. The van der Waals surface area contributed by atoms with Crippen LogP contribution in [-0.4, -0.2) is 80.9 Å². The molecule has 0 fully saturated rings. The summed E-state index contributed by atoms with van der Waals surface area (Å²) in [5.74, 6) is 1.88. The number of hydrogen-bond donors (Lipinski definition) is 1. The lowest BCUT2D eigenvalue weighted by molar-refractivity contribution is -0.163. The lowest BCUT2D eigenvalue weighted by Gasteiger charge is -2.22. The lowest BCUT2D eigenvalue weighted by Crippen LogP contribution is -2.29. The smallest absolute Gasteiger partial charge is 0.305 e. The fourth-order valence-corrected chi connectivity index (χ4v) is 7.23. The van der Waals surface area contributed by atoms with Gasteiger partial charge in [0, 0.05) is 39.0 Å². The van der Waals surface area contributed by atoms with Crippen molar-refractivity contribution in [3.8, 4) is 0 Å². The molecule has 0 aromatic rings. The van der Waals surface area contributed by atoms with Gasteiger partial charge in [0.25, 0.3) is 0 Å². The normalized spacial score (nSPS) is 13.9. The first-order valence-electron chi connectivity index (χ1n) is 23.2. The second-order valence-electron chi connectivity index (χ2n) is 15.9. The highest BCUT2D eigenvalue weighted by atomic mass is 16.7. The molecule has 0 aliphatic rings. The van der Waals surface area contributed by atoms with Crippen LogP contribution in [-0.2, 0) is 28.5 Å². The fourth-order valence-electron chi connectivity index (χ4n) is 7.23. The van der Waals surface area contributed by atoms with Crippen molar-refractivity contribution in [3.63, 3.8) is 0 Å². The topological polar surface area (TPSA) is 94.5 Å². The standard InChI is InChI=1S/C46H91NO7/c1-7-13-24-41(10-4)29-37-51-44(49)27-20-17-16-18-22-33-47(35-36-48)34-23-19-21-28-45(50)52-40-32-46(53-38-30-42(11-5)25-14-8-2)54-39-31-43(12-6)26-15-9-3/h41-43,46,48H,7-40H2,1-6H3. The van der Waals surface area contributed by atoms with Crippen molar-refractivity contribution in [3.05, 3.63) is 0 Å². The second-order valence-corrected chi connectivity index (χ2v) is 15.9. The zero-order valence-corrected chi connectivity index (χ0v) is 36.7. The first kappa shape index (κ1) is 52.8. The molecule has 0 aromatic carbocycles. The highest BCUT2D eigenvalue weighted by molar-refractivity contribution is 5.69. The van der Waals surface area contributed by atoms with E-state index in [-0.39, 0.29) is 24.8 Å². The quantitative estimate of drug-likeness (QED) is 0.0373. The summed E-state index contributed by atoms with van der Waals surface area (Å²) in [6.07, 6.45) is 27.2. The van der Waals surface area contributed by atoms with Gasteiger partial charge in [-0.1, -0.05) is 144 Å². The zero-order valence-electron chi connectivity index (χ0n) is 36.7. The number of hydrogen-bond acceptors (Lipinski definition) is 8. The van der Waals surface area contributed by atoms with Crippen molar-refractivity contribution in [2.24, 2.45) is 17.8 Å². The monoisotopic (exact) mass is 770 g/mol. The fraction of sp³-hybridized carbons (Fsp3) is 0.957. The maximum Gasteiger partial charge on any atom is 0.305 e. The number of carbonyl (C=O) groups excluding carboxylic acids is 2. The van der Waals surface area contributed by atoms with E-state index in [1.807, 2.05) is 0 Å². The van der Waals surface area contributed by atoms with Crippen molar-refractivity contribution < 1.29 is 33.6 Å². The first-order valence-corrected chi connectivity index (χ1v) is 23.2. The zero-order chi connectivity index (χ0) is 39.9. The molecule has 1 N–H and O–H groups in total. The van der Waals surface area contributed by atoms with Crippen LogP contribution in [0.5, 0.6) is 0 Å². The molecule has 0 spiro atoms. The molecule has 8 nitrogen and oxygen atoms in total. The summed E-state index contributed by atoms with van der Waals surface area (Å²) in [4.78, 5) is 27.0. The average Bonchev–Trinajstić information content (AvgIpc) is 3.17. The molecular weight excluding hydrogens is 679 g/mol. The van der Waals surface area contributed by atoms with Crippen molar-refractivity contribution in [1.82, 2.24) is 4.90 Å². The molecule has 0 aliphatic carbocycles. The van der Waals surface area contributed by atoms with E-state index in [1.165, 1.54) is 70.6 Å². The highest BCUT2D eigenvalue weighted by Crippen LogP contribution is 2.20. The van der Waals surface area contributed by atoms with Crippen LogP contribution in [0, 0.1) is 17.8 Å². The minimum atomic E-state index is -0.324. The predicted octanol–water partition coefficient (Wildman–Crippen LogP) is 11.8. The van der Waals surface area contributed by atoms with Crippen molar-refractivity contribution in [2.45, 2.75) is 215 Å². The number of ether oxygens (including phenoxy) is 4. The third-order valence-corrected chi connectivity index (χ3v) is 11.3. The van der Waals surface area contributed by atoms with Gasteiger partial charge < -0.3 is 29.0 Å². The molecule has 3 unspecified atom stereocenters. The van der Waals surface area contributed by atoms with E-state index in [4.69, 9.17) is 18.9 Å². The first-order chi connectivity index (χ1) is 26.4. The third-order valence-electron chi connectivity index (χ3n) is 11.3. The van der Waals surface area contributed by atoms with Crippen molar-refractivity contribution >= 4 is 11.9 Å². The van der Waals surface area contributed by atoms with E-state index in [0.29, 0.717) is 70.0 Å². The predicted molar refractivity (Wildman–Crippen MR) is 226 cm³/mol. The third kappa shape index (κ3) is 33.0. The Kier molecular flexibility index (Phi) is 39.1. The van der Waals surface area contributed by atoms with Gasteiger partial charge in [-0.05, 0) is 75.8 Å². The summed E-state index contributed by atoms with van der Waals surface area (Å²) in [5, 5.41) is 9.57. The molecule has 0 amide bonds. The summed E-state index contributed by atoms with van der Waals surface area (Å²) in [6.45, 7) is 18.5. The van der Waals surface area contributed by atoms with Crippen LogP contribution in [0.15, 0.2) is 0 Å². The van der Waals surface area contributed by atoms with Gasteiger partial charge in [0.1, 0.15) is 0 Å². The van der Waals surface area contributed by atoms with Gasteiger partial charge in [0.15, 0.2) is 6.29 Å². The van der Waals surface area contributed by atoms with Crippen LogP contribution in [0.3, 0.4) is 0 Å². The van der Waals surface area contributed by atoms with Crippen LogP contribution in [0.4, 0.5) is 0 Å². The van der Waals surface area contributed by atoms with Crippen LogP contribution in [0.1, 0.15) is 208 Å². The summed E-state index contributed by atoms with van der Waals surface area (Å²) in [6, 6.07) is 0. The van der Waals surface area contributed by atoms with Crippen LogP contribution in [0.25, 0.3) is 0 Å². The van der Waals surface area contributed by atoms with E-state index in [1.54, 1.807) is 0 Å². The minimum absolute atomic E-state index is 0.0478. The van der Waals surface area contributed by atoms with E-state index >= 15 is 0 Å². The van der Waals surface area contributed by atoms with Crippen LogP contribution < -0.4 is 0 Å². The van der Waals surface area contributed by atoms with Gasteiger partial charge in [-0.3, -0.25) is 9.59 Å². The molecule has 0 aliphatic heterocycles. The Morgan fingerprint density at radius 3 is 1.28 bits per heavy atom. The number of unbranched alkanes of at least 4 members (excludes halogenated alkanes) is 9. The second kappa shape index (κ2) is 40.0. The van der Waals surface area contributed by atoms with Crippen molar-refractivity contribution in [1.29, 1.82) is 0 Å². The van der Waals surface area contributed by atoms with Gasteiger partial charge in [-0.2, -0.15) is 0 Å². The number of aliphatic hydroxyl groups excluding tert-OH is 1. The van der Waals surface area contributed by atoms with Gasteiger partial charge in [-0.15, -0.1) is 0 Å². The Labute approximate surface area is 334 Å². The minimum Gasteiger partial charge on any atom is -0.466 e. The van der Waals surface area contributed by atoms with E-state index in [9.17, 15) is 14.7 Å². The van der Waals surface area contributed by atoms with E-state index in [2.05, 4.69) is 46.4 Å². The molecule has 322 valence electrons. The molecule has 0 saturated heterocycles. The van der Waals surface area contributed by atoms with Crippen LogP contribution in [0.2, 0.25) is 0 Å². The molecule has 0 bridgehead atoms. The summed E-state index contributed by atoms with van der Waals surface area (Å²) >= 11 is 0. The summed E-state index contributed by atoms with van der Waals surface area (Å²) < 4.78 is 23.6. The number of aliphatic hydroxyl groups is 1. The number of carbonyl (C=O) groups is 2. The maximum absolute atomic E-state index is 12.5. The largest absolute Gasteiger partial charge is 0.466 e. The van der Waals surface area contributed by atoms with Crippen LogP contribution >= 0.6 is 0 Å². The van der Waals surface area contributed by atoms with E-state index < -0.39 is 0 Å². The Morgan fingerprint density at radius 2 is 0.852 bits per heavy atom. The molecule has 3 atom stereocenters. The molecule has 0 rings (SSSR count). The lowest BCUT2D eigenvalue weighted by atomic mass is 9.96. The van der Waals surface area contributed by atoms with Gasteiger partial charge >= 0.3 is 11.9 Å². The molecule has 0 aromatic heterocycles. The van der Waals surface area contributed by atoms with Crippen molar-refractivity contribution in [2.75, 3.05) is 52.7 Å². The molecule has 0 saturated carbocycles. The van der Waals surface area contributed by atoms with Gasteiger partial charge in [-0.25, -0.2) is 0 Å². The van der Waals surface area contributed by atoms with Gasteiger partial charge in [0.2, 0.25) is 0 Å². The number of nitrogens with zero attached hydrogens (tertiary/aromatic N) is 1. The average molecular weight is 770 g/mol. The Bertz CT molecular complexity index is 790. The molecule has 8 heteroatoms. The van der Waals surface area contributed by atoms with Gasteiger partial charge in [0.05, 0.1) is 19.8 Å². The SMILES string of the molecule is CCCCC(CC)CCOC(=O)CCCCCCCN(CCO)CCCCCC(=O)OCCC(OCCC(CC)CCCC)OCCC(CC)CCCC. The molecule has 54 heavy (non-hydrogen) atoms. The van der Waals surface area contributed by atoms with E-state index in [0.717, 1.165) is 90.1 Å². The molecule has 0 radical (unpaired) electrons. The summed E-state index contributed by atoms with van der Waals surface area (Å²) in [5.41, 5.74) is 0. The Morgan fingerprint density at radius 1 is 0.463 bits per heavy atom. The number of rotatable bonds is 42. The Hall–Kier alpha value is -1.22. The number of esters is 2. The Balaban J connectivity index is 4.26. The maximum atomic E-state index is 12.5. The molecule has 0 heterocycles. The highest BCUT2D eigenvalue weighted by Gasteiger charge is 2.15.